The van der Waals surface area contributed by atoms with Crippen molar-refractivity contribution in [2.24, 2.45) is 10.7 Å². The monoisotopic (exact) mass is 856 g/mol. The molecule has 0 radical (unpaired) electrons. The molecule has 61 heavy (non-hydrogen) atoms. The maximum atomic E-state index is 13.8. The Morgan fingerprint density at radius 1 is 0.836 bits per heavy atom. The Morgan fingerprint density at radius 3 is 2.10 bits per heavy atom. The molecule has 19 nitrogen and oxygen atoms in total. The van der Waals surface area contributed by atoms with Crippen molar-refractivity contribution in [3.05, 3.63) is 87.3 Å². The lowest BCUT2D eigenvalue weighted by molar-refractivity contribution is -0.110. The lowest BCUT2D eigenvalue weighted by Gasteiger charge is -2.15. The number of anilines is 1. The van der Waals surface area contributed by atoms with Crippen LogP contribution in [0.5, 0.6) is 11.5 Å². The van der Waals surface area contributed by atoms with Crippen molar-refractivity contribution in [3.63, 3.8) is 0 Å². The summed E-state index contributed by atoms with van der Waals surface area (Å²) in [6, 6.07) is 9.67. The van der Waals surface area contributed by atoms with Crippen LogP contribution < -0.4 is 25.3 Å². The molecule has 0 saturated carbocycles. The fourth-order valence-corrected chi connectivity index (χ4v) is 7.86. The predicted molar refractivity (Wildman–Crippen MR) is 226 cm³/mol. The number of fused-ring (bicyclic) bond motifs is 2. The molecular formula is C41H48N10O9S. The van der Waals surface area contributed by atoms with Crippen LogP contribution in [0.2, 0.25) is 0 Å². The third-order valence-corrected chi connectivity index (χ3v) is 10.7. The number of ether oxygens (including phenoxy) is 5. The van der Waals surface area contributed by atoms with E-state index in [0.29, 0.717) is 79.8 Å². The van der Waals surface area contributed by atoms with Crippen LogP contribution in [0.4, 0.5) is 5.95 Å². The number of carbonyl (C=O) groups excluding carboxylic acids is 4. The normalized spacial score (nSPS) is 12.0. The molecule has 6 aromatic rings. The van der Waals surface area contributed by atoms with E-state index >= 15 is 0 Å². The number of aryl methyl sites for hydroxylation is 4. The van der Waals surface area contributed by atoms with Crippen LogP contribution in [-0.4, -0.2) is 98.7 Å². The van der Waals surface area contributed by atoms with Gasteiger partial charge < -0.3 is 38.6 Å². The highest BCUT2D eigenvalue weighted by Gasteiger charge is 2.23. The number of hydrogen-bond donors (Lipinski definition) is 2. The van der Waals surface area contributed by atoms with Crippen LogP contribution in [0.25, 0.3) is 21.3 Å². The Hall–Kier alpha value is -6.64. The first-order valence-corrected chi connectivity index (χ1v) is 20.1. The number of esters is 1. The number of nitrogens with zero attached hydrogens (tertiary/aromatic N) is 8. The van der Waals surface area contributed by atoms with Gasteiger partial charge in [-0.3, -0.25) is 29.1 Å². The quantitative estimate of drug-likeness (QED) is 0.0686. The highest BCUT2D eigenvalue weighted by atomic mass is 32.1. The Bertz CT molecular complexity index is 2720. The first-order chi connectivity index (χ1) is 29.3. The second kappa shape index (κ2) is 19.2. The fourth-order valence-electron chi connectivity index (χ4n) is 6.77. The second-order valence-electron chi connectivity index (χ2n) is 13.6. The number of aromatic nitrogens is 7. The topological polar surface area (TPSA) is 223 Å². The molecule has 0 fully saturated rings. The summed E-state index contributed by atoms with van der Waals surface area (Å²) in [5, 5.41) is 11.7. The maximum absolute atomic E-state index is 13.8. The van der Waals surface area contributed by atoms with E-state index in [1.165, 1.54) is 39.8 Å². The van der Waals surface area contributed by atoms with Gasteiger partial charge in [0.2, 0.25) is 11.9 Å². The molecular weight excluding hydrogens is 809 g/mol. The molecule has 0 unspecified atom stereocenters. The Labute approximate surface area is 354 Å². The van der Waals surface area contributed by atoms with Crippen molar-refractivity contribution >= 4 is 62.2 Å². The smallest absolute Gasteiger partial charge is 0.338 e. The lowest BCUT2D eigenvalue weighted by atomic mass is 10.2. The van der Waals surface area contributed by atoms with Crippen LogP contribution in [0.1, 0.15) is 73.3 Å². The number of thiazole rings is 1. The molecule has 0 aliphatic heterocycles. The Morgan fingerprint density at radius 2 is 1.48 bits per heavy atom. The molecule has 0 spiro atoms. The van der Waals surface area contributed by atoms with Gasteiger partial charge in [-0.15, -0.1) is 0 Å². The predicted octanol–water partition coefficient (Wildman–Crippen LogP) is 4.63. The fraction of sp³-hybridized carbons (Fsp3) is 0.366. The van der Waals surface area contributed by atoms with Gasteiger partial charge in [-0.2, -0.15) is 15.2 Å². The number of methoxy groups -OCH3 is 4. The highest BCUT2D eigenvalue weighted by molar-refractivity contribution is 7.16. The zero-order valence-corrected chi connectivity index (χ0v) is 36.0. The van der Waals surface area contributed by atoms with Gasteiger partial charge in [-0.05, 0) is 64.1 Å². The zero-order valence-electron chi connectivity index (χ0n) is 35.2. The van der Waals surface area contributed by atoms with Gasteiger partial charge in [-0.25, -0.2) is 9.78 Å². The van der Waals surface area contributed by atoms with Crippen LogP contribution in [0.15, 0.2) is 53.5 Å². The molecule has 2 aromatic carbocycles. The summed E-state index contributed by atoms with van der Waals surface area (Å²) in [6.45, 7) is 8.82. The number of imidazole rings is 1. The summed E-state index contributed by atoms with van der Waals surface area (Å²) in [5.41, 5.74) is 9.64. The molecule has 3 N–H and O–H groups in total. The molecule has 0 aliphatic rings. The average molecular weight is 857 g/mol. The average Bonchev–Trinajstić information content (AvgIpc) is 4.02. The zero-order chi connectivity index (χ0) is 44.0. The van der Waals surface area contributed by atoms with Crippen LogP contribution in [0, 0.1) is 13.8 Å². The van der Waals surface area contributed by atoms with E-state index in [9.17, 15) is 19.2 Å². The number of hydrogen-bond acceptors (Lipinski definition) is 13. The first kappa shape index (κ1) is 43.9. The third-order valence-electron chi connectivity index (χ3n) is 9.63. The number of nitrogens with one attached hydrogen (secondary N) is 1. The van der Waals surface area contributed by atoms with E-state index < -0.39 is 30.0 Å². The second-order valence-corrected chi connectivity index (χ2v) is 14.6. The van der Waals surface area contributed by atoms with Crippen molar-refractivity contribution in [2.75, 3.05) is 40.4 Å². The van der Waals surface area contributed by atoms with Gasteiger partial charge in [0.05, 0.1) is 48.0 Å². The standard InChI is InChI=1S/C41H48N10O9S/c1-9-50-28(17-23(3)46-50)37(53)44-40-43-27-19-26(39(55)59-8)21-30(56-5)34(27)48(40)14-11-12-15-49-35-31(60-16-13-33(57-6)58-7)20-25(36(42)52)22-32(35)61-41(49)45-38(54)29-18-24(4)47-51(29)10-2/h11-12,17-22,33H,9-10,13-16H2,1-8H3,(H2,42,52)(H,43,44,53)/b12-11+,45-41?. The van der Waals surface area contributed by atoms with E-state index in [4.69, 9.17) is 34.4 Å². The van der Waals surface area contributed by atoms with E-state index in [1.807, 2.05) is 30.6 Å². The van der Waals surface area contributed by atoms with E-state index in [0.717, 1.165) is 0 Å². The number of allylic oxidation sites excluding steroid dienone is 2. The first-order valence-electron chi connectivity index (χ1n) is 19.3. The minimum atomic E-state index is -0.658. The Balaban J connectivity index is 1.45. The number of carbonyl (C=O) groups is 4. The summed E-state index contributed by atoms with van der Waals surface area (Å²) in [7, 11) is 5.80. The number of rotatable bonds is 18. The van der Waals surface area contributed by atoms with Crippen molar-refractivity contribution in [1.29, 1.82) is 0 Å². The molecule has 4 aromatic heterocycles. The molecule has 0 atom stereocenters. The van der Waals surface area contributed by atoms with Gasteiger partial charge in [0, 0.05) is 52.4 Å². The highest BCUT2D eigenvalue weighted by Crippen LogP contribution is 2.33. The van der Waals surface area contributed by atoms with Crippen LogP contribution in [0.3, 0.4) is 0 Å². The van der Waals surface area contributed by atoms with Crippen molar-refractivity contribution in [2.45, 2.75) is 66.6 Å². The SMILES string of the molecule is CCn1nc(C)cc1C(=O)N=c1sc2cc(C(N)=O)cc(OCCC(OC)OC)c2n1C/C=C/Cn1c(NC(=O)c2cc(C)nn2CC)nc2cc(C(=O)OC)cc(OC)c21. The number of benzene rings is 2. The summed E-state index contributed by atoms with van der Waals surface area (Å²) >= 11 is 1.19. The van der Waals surface area contributed by atoms with Gasteiger partial charge in [0.25, 0.3) is 11.8 Å². The molecule has 20 heteroatoms. The van der Waals surface area contributed by atoms with Gasteiger partial charge in [-0.1, -0.05) is 23.5 Å². The van der Waals surface area contributed by atoms with E-state index in [2.05, 4.69) is 20.5 Å². The van der Waals surface area contributed by atoms with Gasteiger partial charge in [0.1, 0.15) is 33.9 Å². The maximum Gasteiger partial charge on any atom is 0.338 e. The van der Waals surface area contributed by atoms with Gasteiger partial charge in [0.15, 0.2) is 11.1 Å². The molecule has 4 heterocycles. The van der Waals surface area contributed by atoms with E-state index in [-0.39, 0.29) is 36.8 Å². The summed E-state index contributed by atoms with van der Waals surface area (Å²) in [4.78, 5) is 62.1. The van der Waals surface area contributed by atoms with Crippen molar-refractivity contribution in [3.8, 4) is 11.5 Å². The largest absolute Gasteiger partial charge is 0.494 e. The van der Waals surface area contributed by atoms with Crippen LogP contribution >= 0.6 is 11.3 Å². The van der Waals surface area contributed by atoms with E-state index in [1.54, 1.807) is 64.2 Å². The summed E-state index contributed by atoms with van der Waals surface area (Å²) < 4.78 is 35.0. The number of amides is 3. The van der Waals surface area contributed by atoms with Crippen molar-refractivity contribution < 1.29 is 42.9 Å². The minimum Gasteiger partial charge on any atom is -0.494 e. The molecule has 0 bridgehead atoms. The van der Waals surface area contributed by atoms with Crippen LogP contribution in [-0.2, 0) is 40.4 Å². The molecule has 0 aliphatic carbocycles. The summed E-state index contributed by atoms with van der Waals surface area (Å²) in [5.74, 6) is -1.34. The third kappa shape index (κ3) is 9.40. The molecule has 3 amide bonds. The lowest BCUT2D eigenvalue weighted by Crippen LogP contribution is -2.20. The number of nitrogens with two attached hydrogens (primary N) is 1. The molecule has 0 saturated heterocycles. The summed E-state index contributed by atoms with van der Waals surface area (Å²) in [6.07, 6.45) is 3.55. The van der Waals surface area contributed by atoms with Crippen molar-refractivity contribution in [1.82, 2.24) is 33.7 Å². The molecule has 6 rings (SSSR count). The van der Waals surface area contributed by atoms with Gasteiger partial charge >= 0.3 is 5.97 Å². The number of primary amides is 1. The Kier molecular flexibility index (Phi) is 13.8. The molecule has 322 valence electrons. The minimum absolute atomic E-state index is 0.163.